The molecule has 2 aliphatic heterocycles. The van der Waals surface area contributed by atoms with Gasteiger partial charge in [0.15, 0.2) is 11.5 Å². The highest BCUT2D eigenvalue weighted by atomic mass is 16.6. The number of carbonyl (C=O) groups excluding carboxylic acids is 1. The van der Waals surface area contributed by atoms with Crippen molar-refractivity contribution in [2.45, 2.75) is 45.7 Å². The maximum absolute atomic E-state index is 13.4. The molecule has 1 fully saturated rings. The number of rotatable bonds is 5. The zero-order chi connectivity index (χ0) is 24.5. The number of nitro groups is 1. The molecule has 0 aliphatic carbocycles. The van der Waals surface area contributed by atoms with Gasteiger partial charge in [-0.1, -0.05) is 18.2 Å². The molecule has 1 aromatic heterocycles. The summed E-state index contributed by atoms with van der Waals surface area (Å²) in [4.78, 5) is 26.2. The summed E-state index contributed by atoms with van der Waals surface area (Å²) in [5, 5.41) is 15.6. The standard InChI is InChI=1S/C26H28N4O5/c1-17-25(30(32)33)18(2)29(27-17)16-19-6-8-20(9-7-19)26(31)28-12-3-5-22(28)21-10-11-23-24(15-21)35-14-4-13-34-23/h6-11,15,22H,3-5,12-14,16H2,1-2H3/t22-/m0/s1. The van der Waals surface area contributed by atoms with Crippen LogP contribution >= 0.6 is 0 Å². The minimum Gasteiger partial charge on any atom is -0.490 e. The summed E-state index contributed by atoms with van der Waals surface area (Å²) in [6.45, 7) is 5.71. The van der Waals surface area contributed by atoms with Crippen molar-refractivity contribution in [3.63, 3.8) is 0 Å². The topological polar surface area (TPSA) is 99.7 Å². The van der Waals surface area contributed by atoms with Crippen LogP contribution in [0.15, 0.2) is 42.5 Å². The van der Waals surface area contributed by atoms with Crippen molar-refractivity contribution in [1.29, 1.82) is 0 Å². The maximum atomic E-state index is 13.4. The van der Waals surface area contributed by atoms with E-state index in [2.05, 4.69) is 5.10 Å². The summed E-state index contributed by atoms with van der Waals surface area (Å²) in [6, 6.07) is 13.4. The highest BCUT2D eigenvalue weighted by Gasteiger charge is 2.31. The highest BCUT2D eigenvalue weighted by Crippen LogP contribution is 2.38. The zero-order valence-electron chi connectivity index (χ0n) is 19.9. The van der Waals surface area contributed by atoms with Crippen molar-refractivity contribution in [2.75, 3.05) is 19.8 Å². The Labute approximate surface area is 203 Å². The van der Waals surface area contributed by atoms with E-state index in [1.807, 2.05) is 47.4 Å². The molecular formula is C26H28N4O5. The molecule has 0 saturated carbocycles. The molecular weight excluding hydrogens is 448 g/mol. The second kappa shape index (κ2) is 9.40. The quantitative estimate of drug-likeness (QED) is 0.394. The van der Waals surface area contributed by atoms with Crippen molar-refractivity contribution >= 4 is 11.6 Å². The van der Waals surface area contributed by atoms with Crippen molar-refractivity contribution in [2.24, 2.45) is 0 Å². The van der Waals surface area contributed by atoms with Gasteiger partial charge in [-0.25, -0.2) is 0 Å². The van der Waals surface area contributed by atoms with Crippen LogP contribution in [0, 0.1) is 24.0 Å². The summed E-state index contributed by atoms with van der Waals surface area (Å²) in [5.41, 5.74) is 3.56. The molecule has 182 valence electrons. The maximum Gasteiger partial charge on any atom is 0.312 e. The zero-order valence-corrected chi connectivity index (χ0v) is 19.9. The minimum absolute atomic E-state index is 0.00502. The second-order valence-electron chi connectivity index (χ2n) is 9.04. The Morgan fingerprint density at radius 1 is 1.09 bits per heavy atom. The molecule has 0 unspecified atom stereocenters. The molecule has 2 aliphatic rings. The van der Waals surface area contributed by atoms with Gasteiger partial charge in [0.25, 0.3) is 5.91 Å². The van der Waals surface area contributed by atoms with E-state index in [1.165, 1.54) is 0 Å². The molecule has 0 spiro atoms. The van der Waals surface area contributed by atoms with Gasteiger partial charge in [-0.3, -0.25) is 19.6 Å². The van der Waals surface area contributed by atoms with E-state index >= 15 is 0 Å². The normalized spacial score (nSPS) is 17.3. The third-order valence-electron chi connectivity index (χ3n) is 6.73. The average Bonchev–Trinajstić information content (AvgIpc) is 3.35. The summed E-state index contributed by atoms with van der Waals surface area (Å²) in [6.07, 6.45) is 2.70. The number of aromatic nitrogens is 2. The molecule has 3 heterocycles. The molecule has 0 bridgehead atoms. The van der Waals surface area contributed by atoms with Crippen molar-refractivity contribution < 1.29 is 19.2 Å². The van der Waals surface area contributed by atoms with Crippen LogP contribution in [-0.4, -0.2) is 45.3 Å². The van der Waals surface area contributed by atoms with Crippen LogP contribution in [0.1, 0.15) is 58.2 Å². The van der Waals surface area contributed by atoms with Crippen LogP contribution in [0.4, 0.5) is 5.69 Å². The van der Waals surface area contributed by atoms with Gasteiger partial charge in [-0.05, 0) is 62.1 Å². The van der Waals surface area contributed by atoms with Gasteiger partial charge in [0.05, 0.1) is 30.7 Å². The van der Waals surface area contributed by atoms with Gasteiger partial charge in [0.2, 0.25) is 0 Å². The average molecular weight is 477 g/mol. The Kier molecular flexibility index (Phi) is 6.15. The number of carbonyl (C=O) groups is 1. The predicted octanol–water partition coefficient (Wildman–Crippen LogP) is 4.60. The predicted molar refractivity (Wildman–Crippen MR) is 129 cm³/mol. The highest BCUT2D eigenvalue weighted by molar-refractivity contribution is 5.94. The van der Waals surface area contributed by atoms with Crippen LogP contribution in [0.3, 0.4) is 0 Å². The molecule has 0 radical (unpaired) electrons. The Hall–Kier alpha value is -3.88. The largest absolute Gasteiger partial charge is 0.490 e. The van der Waals surface area contributed by atoms with Crippen molar-refractivity contribution in [1.82, 2.24) is 14.7 Å². The monoisotopic (exact) mass is 476 g/mol. The minimum atomic E-state index is -0.397. The molecule has 3 aromatic rings. The van der Waals surface area contributed by atoms with E-state index < -0.39 is 4.92 Å². The molecule has 0 N–H and O–H groups in total. The fraction of sp³-hybridized carbons (Fsp3) is 0.385. The van der Waals surface area contributed by atoms with E-state index in [4.69, 9.17) is 9.47 Å². The summed E-state index contributed by atoms with van der Waals surface area (Å²) >= 11 is 0. The summed E-state index contributed by atoms with van der Waals surface area (Å²) in [7, 11) is 0. The third kappa shape index (κ3) is 4.45. The first-order valence-electron chi connectivity index (χ1n) is 11.9. The van der Waals surface area contributed by atoms with Crippen LogP contribution < -0.4 is 9.47 Å². The van der Waals surface area contributed by atoms with Gasteiger partial charge in [-0.2, -0.15) is 5.10 Å². The fourth-order valence-electron chi connectivity index (χ4n) is 4.94. The molecule has 5 rings (SSSR count). The number of amides is 1. The Balaban J connectivity index is 1.32. The third-order valence-corrected chi connectivity index (χ3v) is 6.73. The lowest BCUT2D eigenvalue weighted by Crippen LogP contribution is -2.30. The van der Waals surface area contributed by atoms with Gasteiger partial charge >= 0.3 is 5.69 Å². The van der Waals surface area contributed by atoms with Crippen molar-refractivity contribution in [3.8, 4) is 11.5 Å². The lowest BCUT2D eigenvalue weighted by molar-refractivity contribution is -0.386. The molecule has 1 amide bonds. The summed E-state index contributed by atoms with van der Waals surface area (Å²) in [5.74, 6) is 1.49. The number of nitrogens with zero attached hydrogens (tertiary/aromatic N) is 4. The smallest absolute Gasteiger partial charge is 0.312 e. The molecule has 9 heteroatoms. The molecule has 2 aromatic carbocycles. The fourth-order valence-corrected chi connectivity index (χ4v) is 4.94. The number of aryl methyl sites for hydroxylation is 1. The molecule has 9 nitrogen and oxygen atoms in total. The van der Waals surface area contributed by atoms with Crippen LogP contribution in [0.5, 0.6) is 11.5 Å². The van der Waals surface area contributed by atoms with E-state index in [9.17, 15) is 14.9 Å². The number of hydrogen-bond acceptors (Lipinski definition) is 6. The van der Waals surface area contributed by atoms with Crippen LogP contribution in [0.2, 0.25) is 0 Å². The molecule has 1 atom stereocenters. The van der Waals surface area contributed by atoms with Gasteiger partial charge < -0.3 is 14.4 Å². The van der Waals surface area contributed by atoms with E-state index in [0.29, 0.717) is 43.3 Å². The number of fused-ring (bicyclic) bond motifs is 1. The lowest BCUT2D eigenvalue weighted by Gasteiger charge is -2.26. The van der Waals surface area contributed by atoms with Crippen molar-refractivity contribution in [3.05, 3.63) is 80.7 Å². The van der Waals surface area contributed by atoms with Crippen LogP contribution in [-0.2, 0) is 6.54 Å². The van der Waals surface area contributed by atoms with Gasteiger partial charge in [0.1, 0.15) is 11.4 Å². The first kappa shape index (κ1) is 22.9. The summed E-state index contributed by atoms with van der Waals surface area (Å²) < 4.78 is 13.2. The number of hydrogen-bond donors (Lipinski definition) is 0. The van der Waals surface area contributed by atoms with Gasteiger partial charge in [-0.15, -0.1) is 0 Å². The van der Waals surface area contributed by atoms with E-state index in [-0.39, 0.29) is 17.6 Å². The van der Waals surface area contributed by atoms with E-state index in [0.717, 1.165) is 41.9 Å². The first-order valence-corrected chi connectivity index (χ1v) is 11.9. The first-order chi connectivity index (χ1) is 16.9. The Bertz CT molecular complexity index is 1270. The number of ether oxygens (including phenoxy) is 2. The number of likely N-dealkylation sites (tertiary alicyclic amines) is 1. The number of benzene rings is 2. The molecule has 1 saturated heterocycles. The van der Waals surface area contributed by atoms with E-state index in [1.54, 1.807) is 18.5 Å². The van der Waals surface area contributed by atoms with Crippen LogP contribution in [0.25, 0.3) is 0 Å². The Morgan fingerprint density at radius 3 is 2.54 bits per heavy atom. The lowest BCUT2D eigenvalue weighted by atomic mass is 10.0. The second-order valence-corrected chi connectivity index (χ2v) is 9.04. The Morgan fingerprint density at radius 2 is 1.83 bits per heavy atom. The molecule has 35 heavy (non-hydrogen) atoms. The SMILES string of the molecule is Cc1nn(Cc2ccc(C(=O)N3CCC[C@H]3c3ccc4c(c3)OCCCO4)cc2)c(C)c1[N+](=O)[O-]. The van der Waals surface area contributed by atoms with Gasteiger partial charge in [0, 0.05) is 18.5 Å².